The van der Waals surface area contributed by atoms with Crippen LogP contribution in [0.25, 0.3) is 10.9 Å². The molecule has 0 unspecified atom stereocenters. The number of rotatable bonds is 12. The van der Waals surface area contributed by atoms with Crippen LogP contribution in [0, 0.1) is 18.8 Å². The third-order valence-corrected chi connectivity index (χ3v) is 8.90. The van der Waals surface area contributed by atoms with Gasteiger partial charge >= 0.3 is 0 Å². The monoisotopic (exact) mass is 547 g/mol. The number of hydrogen-bond donors (Lipinski definition) is 3. The van der Waals surface area contributed by atoms with Crippen LogP contribution in [0.15, 0.2) is 72.1 Å². The summed E-state index contributed by atoms with van der Waals surface area (Å²) in [5, 5.41) is 7.98. The van der Waals surface area contributed by atoms with Gasteiger partial charge in [-0.1, -0.05) is 29.8 Å². The summed E-state index contributed by atoms with van der Waals surface area (Å²) in [4.78, 5) is 14.0. The molecule has 1 aliphatic carbocycles. The highest BCUT2D eigenvalue weighted by molar-refractivity contribution is 7.89. The summed E-state index contributed by atoms with van der Waals surface area (Å²) in [5.74, 6) is 2.35. The van der Waals surface area contributed by atoms with E-state index in [1.807, 2.05) is 55.8 Å². The topological polar surface area (TPSA) is 114 Å². The molecule has 0 amide bonds. The molecule has 5 rings (SSSR count). The van der Waals surface area contributed by atoms with E-state index < -0.39 is 10.0 Å². The van der Waals surface area contributed by atoms with Crippen LogP contribution >= 0.6 is 0 Å². The van der Waals surface area contributed by atoms with E-state index in [1.165, 1.54) is 0 Å². The summed E-state index contributed by atoms with van der Waals surface area (Å²) in [7, 11) is -3.47. The maximum Gasteiger partial charge on any atom is 0.240 e. The van der Waals surface area contributed by atoms with Crippen LogP contribution < -0.4 is 15.4 Å². The lowest BCUT2D eigenvalue weighted by molar-refractivity contribution is 0.284. The van der Waals surface area contributed by atoms with E-state index in [1.54, 1.807) is 18.3 Å². The second-order valence-corrected chi connectivity index (χ2v) is 12.2. The number of sulfonamides is 1. The maximum atomic E-state index is 12.6. The van der Waals surface area contributed by atoms with E-state index >= 15 is 0 Å². The number of nitrogens with one attached hydrogen (secondary N) is 3. The Kier molecular flexibility index (Phi) is 8.73. The Balaban J connectivity index is 1.10. The molecule has 0 radical (unpaired) electrons. The zero-order valence-corrected chi connectivity index (χ0v) is 23.2. The van der Waals surface area contributed by atoms with Gasteiger partial charge in [0.05, 0.1) is 16.7 Å². The zero-order chi connectivity index (χ0) is 27.1. The van der Waals surface area contributed by atoms with Crippen LogP contribution in [-0.2, 0) is 16.6 Å². The molecule has 0 saturated heterocycles. The predicted molar refractivity (Wildman–Crippen MR) is 155 cm³/mol. The summed E-state index contributed by atoms with van der Waals surface area (Å²) in [6.45, 7) is 4.94. The molecule has 1 saturated carbocycles. The molecule has 0 aliphatic heterocycles. The predicted octanol–water partition coefficient (Wildman–Crippen LogP) is 4.83. The fourth-order valence-corrected chi connectivity index (χ4v) is 6.20. The third-order valence-electron chi connectivity index (χ3n) is 7.46. The summed E-state index contributed by atoms with van der Waals surface area (Å²) >= 11 is 0. The Bertz CT molecular complexity index is 1450. The highest BCUT2D eigenvalue weighted by Gasteiger charge is 2.23. The van der Waals surface area contributed by atoms with E-state index in [0.717, 1.165) is 74.0 Å². The molecule has 10 heteroatoms. The molecule has 2 aromatic carbocycles. The highest BCUT2D eigenvalue weighted by atomic mass is 32.2. The van der Waals surface area contributed by atoms with Gasteiger partial charge in [0.25, 0.3) is 0 Å². The maximum absolute atomic E-state index is 12.6. The first-order valence-electron chi connectivity index (χ1n) is 13.7. The molecule has 9 nitrogen and oxygen atoms in total. The van der Waals surface area contributed by atoms with E-state index in [4.69, 9.17) is 9.97 Å². The quantitative estimate of drug-likeness (QED) is 0.218. The molecule has 4 aromatic rings. The summed E-state index contributed by atoms with van der Waals surface area (Å²) in [5.41, 5.74) is 1.96. The third kappa shape index (κ3) is 7.33. The van der Waals surface area contributed by atoms with Crippen LogP contribution in [0.5, 0.6) is 0 Å². The lowest BCUT2D eigenvalue weighted by Crippen LogP contribution is -2.32. The van der Waals surface area contributed by atoms with Gasteiger partial charge in [0.2, 0.25) is 16.0 Å². The Hall–Kier alpha value is -3.50. The average molecular weight is 548 g/mol. The van der Waals surface area contributed by atoms with Crippen molar-refractivity contribution in [3.8, 4) is 0 Å². The molecule has 39 heavy (non-hydrogen) atoms. The molecule has 0 spiro atoms. The van der Waals surface area contributed by atoms with Gasteiger partial charge in [-0.25, -0.2) is 23.1 Å². The van der Waals surface area contributed by atoms with E-state index in [2.05, 4.69) is 24.9 Å². The molecular formula is C29H37N7O2S. The van der Waals surface area contributed by atoms with Gasteiger partial charge in [0.15, 0.2) is 0 Å². The van der Waals surface area contributed by atoms with E-state index in [0.29, 0.717) is 29.2 Å². The summed E-state index contributed by atoms with van der Waals surface area (Å²) < 4.78 is 30.1. The average Bonchev–Trinajstić information content (AvgIpc) is 3.47. The number of fused-ring (bicyclic) bond motifs is 1. The zero-order valence-electron chi connectivity index (χ0n) is 22.4. The number of para-hydroxylation sites is 1. The van der Waals surface area contributed by atoms with Crippen molar-refractivity contribution in [1.82, 2.24) is 24.2 Å². The minimum atomic E-state index is -3.47. The van der Waals surface area contributed by atoms with E-state index in [-0.39, 0.29) is 0 Å². The fourth-order valence-electron chi connectivity index (χ4n) is 5.08. The second-order valence-electron chi connectivity index (χ2n) is 10.4. The number of nitrogens with zero attached hydrogens (tertiary/aromatic N) is 4. The van der Waals surface area contributed by atoms with Crippen molar-refractivity contribution < 1.29 is 8.42 Å². The van der Waals surface area contributed by atoms with Crippen molar-refractivity contribution in [2.45, 2.75) is 50.5 Å². The Morgan fingerprint density at radius 1 is 0.923 bits per heavy atom. The molecule has 0 atom stereocenters. The van der Waals surface area contributed by atoms with Crippen LogP contribution in [0.2, 0.25) is 0 Å². The van der Waals surface area contributed by atoms with Crippen molar-refractivity contribution in [3.05, 3.63) is 72.8 Å². The van der Waals surface area contributed by atoms with Gasteiger partial charge in [-0.05, 0) is 75.1 Å². The second kappa shape index (κ2) is 12.6. The molecule has 0 bridgehead atoms. The van der Waals surface area contributed by atoms with Crippen molar-refractivity contribution in [3.63, 3.8) is 0 Å². The SMILES string of the molecule is Cc1ccc(S(=O)(=O)NCC2CCC(CNc3nc(NCCCn4ccnc4)c4ccccc4n3)CC2)cc1. The van der Waals surface area contributed by atoms with Gasteiger partial charge in [-0.2, -0.15) is 4.98 Å². The first-order chi connectivity index (χ1) is 19.0. The number of imidazole rings is 1. The molecule has 2 heterocycles. The van der Waals surface area contributed by atoms with Gasteiger partial charge < -0.3 is 15.2 Å². The smallest absolute Gasteiger partial charge is 0.240 e. The first kappa shape index (κ1) is 27.1. The molecule has 2 aromatic heterocycles. The number of hydrogen-bond acceptors (Lipinski definition) is 7. The molecular weight excluding hydrogens is 510 g/mol. The number of anilines is 2. The molecule has 206 valence electrons. The lowest BCUT2D eigenvalue weighted by Gasteiger charge is -2.28. The summed E-state index contributed by atoms with van der Waals surface area (Å²) in [6, 6.07) is 15.1. The van der Waals surface area contributed by atoms with Crippen molar-refractivity contribution in [2.24, 2.45) is 11.8 Å². The lowest BCUT2D eigenvalue weighted by atomic mass is 9.82. The summed E-state index contributed by atoms with van der Waals surface area (Å²) in [6.07, 6.45) is 10.7. The van der Waals surface area contributed by atoms with Gasteiger partial charge in [0.1, 0.15) is 5.82 Å². The normalized spacial score (nSPS) is 17.8. The van der Waals surface area contributed by atoms with Gasteiger partial charge in [-0.3, -0.25) is 0 Å². The van der Waals surface area contributed by atoms with Crippen LogP contribution in [0.4, 0.5) is 11.8 Å². The van der Waals surface area contributed by atoms with Crippen LogP contribution in [0.1, 0.15) is 37.7 Å². The minimum absolute atomic E-state index is 0.327. The van der Waals surface area contributed by atoms with Crippen molar-refractivity contribution >= 4 is 32.7 Å². The van der Waals surface area contributed by atoms with Crippen molar-refractivity contribution in [1.29, 1.82) is 0 Å². The number of benzene rings is 2. The van der Waals surface area contributed by atoms with Crippen molar-refractivity contribution in [2.75, 3.05) is 30.3 Å². The van der Waals surface area contributed by atoms with E-state index in [9.17, 15) is 8.42 Å². The largest absolute Gasteiger partial charge is 0.369 e. The fraction of sp³-hybridized carbons (Fsp3) is 0.414. The molecule has 1 fully saturated rings. The Labute approximate surface area is 230 Å². The van der Waals surface area contributed by atoms with Gasteiger partial charge in [-0.15, -0.1) is 0 Å². The molecule has 3 N–H and O–H groups in total. The standard InChI is InChI=1S/C29H37N7O2S/c1-22-7-13-25(14-8-22)39(37,38)33-20-24-11-9-23(10-12-24)19-32-29-34-27-6-3-2-5-26(27)28(35-29)31-15-4-17-36-18-16-30-21-36/h2-3,5-8,13-14,16,18,21,23-24,33H,4,9-12,15,17,19-20H2,1H3,(H2,31,32,34,35). The minimum Gasteiger partial charge on any atom is -0.369 e. The van der Waals surface area contributed by atoms with Gasteiger partial charge in [0, 0.05) is 44.0 Å². The highest BCUT2D eigenvalue weighted by Crippen LogP contribution is 2.29. The Morgan fingerprint density at radius 3 is 2.41 bits per heavy atom. The first-order valence-corrected chi connectivity index (χ1v) is 15.2. The molecule has 1 aliphatic rings. The number of aromatic nitrogens is 4. The van der Waals surface area contributed by atoms with Crippen LogP contribution in [-0.4, -0.2) is 47.6 Å². The number of aryl methyl sites for hydroxylation is 2. The Morgan fingerprint density at radius 2 is 1.67 bits per heavy atom. The van der Waals surface area contributed by atoms with Crippen LogP contribution in [0.3, 0.4) is 0 Å².